The molecule has 0 spiro atoms. The van der Waals surface area contributed by atoms with Crippen molar-refractivity contribution in [1.29, 1.82) is 0 Å². The Labute approximate surface area is 163 Å². The third-order valence-electron chi connectivity index (χ3n) is 4.07. The van der Waals surface area contributed by atoms with Gasteiger partial charge in [-0.15, -0.1) is 22.7 Å². The second kappa shape index (κ2) is 6.58. The first-order valence-electron chi connectivity index (χ1n) is 8.35. The van der Waals surface area contributed by atoms with Crippen molar-refractivity contribution in [3.63, 3.8) is 0 Å². The van der Waals surface area contributed by atoms with Crippen LogP contribution in [0.1, 0.15) is 30.6 Å². The van der Waals surface area contributed by atoms with Gasteiger partial charge in [-0.3, -0.25) is 4.79 Å². The van der Waals surface area contributed by atoms with Crippen molar-refractivity contribution >= 4 is 48.9 Å². The maximum Gasteiger partial charge on any atom is 0.258 e. The summed E-state index contributed by atoms with van der Waals surface area (Å²) in [5, 5.41) is 10.8. The predicted octanol–water partition coefficient (Wildman–Crippen LogP) is 3.94. The van der Waals surface area contributed by atoms with Gasteiger partial charge in [-0.2, -0.15) is 4.98 Å². The van der Waals surface area contributed by atoms with E-state index in [0.717, 1.165) is 25.3 Å². The maximum atomic E-state index is 12.4. The monoisotopic (exact) mass is 402 g/mol. The van der Waals surface area contributed by atoms with Gasteiger partial charge < -0.3 is 14.6 Å². The van der Waals surface area contributed by atoms with Crippen LogP contribution in [0.15, 0.2) is 22.0 Å². The van der Waals surface area contributed by atoms with Gasteiger partial charge in [0.15, 0.2) is 12.4 Å². The van der Waals surface area contributed by atoms with Gasteiger partial charge in [-0.1, -0.05) is 5.16 Å². The van der Waals surface area contributed by atoms with Crippen molar-refractivity contribution < 1.29 is 14.1 Å². The number of nitrogens with zero attached hydrogens (tertiary/aromatic N) is 3. The normalized spacial score (nSPS) is 12.0. The van der Waals surface area contributed by atoms with E-state index in [9.17, 15) is 4.79 Å². The molecule has 0 fully saturated rings. The van der Waals surface area contributed by atoms with E-state index in [1.165, 1.54) is 0 Å². The molecule has 4 aromatic rings. The van der Waals surface area contributed by atoms with Gasteiger partial charge in [0.25, 0.3) is 5.91 Å². The fraction of sp³-hybridized carbons (Fsp3) is 0.333. The molecule has 4 rings (SSSR count). The van der Waals surface area contributed by atoms with Gasteiger partial charge >= 0.3 is 0 Å². The van der Waals surface area contributed by atoms with Crippen LogP contribution in [-0.2, 0) is 10.3 Å². The summed E-state index contributed by atoms with van der Waals surface area (Å²) in [6, 6.07) is 3.95. The quantitative estimate of drug-likeness (QED) is 0.544. The minimum absolute atomic E-state index is 0.103. The Kier molecular flexibility index (Phi) is 4.35. The number of carbonyl (C=O) groups is 1. The number of benzene rings is 1. The van der Waals surface area contributed by atoms with Crippen molar-refractivity contribution in [3.05, 3.63) is 34.2 Å². The van der Waals surface area contributed by atoms with E-state index >= 15 is 0 Å². The summed E-state index contributed by atoms with van der Waals surface area (Å²) < 4.78 is 13.0. The number of aromatic nitrogens is 3. The fourth-order valence-electron chi connectivity index (χ4n) is 2.84. The number of fused-ring (bicyclic) bond motifs is 3. The average molecular weight is 403 g/mol. The topological polar surface area (TPSA) is 90.1 Å². The Hall–Kier alpha value is -2.52. The highest BCUT2D eigenvalue weighted by Gasteiger charge is 2.28. The molecule has 27 heavy (non-hydrogen) atoms. The molecule has 1 amide bonds. The molecule has 9 heteroatoms. The number of amides is 1. The molecule has 0 aliphatic carbocycles. The minimum atomic E-state index is -0.755. The van der Waals surface area contributed by atoms with Crippen LogP contribution >= 0.6 is 22.7 Å². The van der Waals surface area contributed by atoms with Crippen LogP contribution in [0.4, 0.5) is 0 Å². The molecular formula is C18H18N4O3S2. The molecule has 1 N–H and O–H groups in total. The molecular weight excluding hydrogens is 384 g/mol. The van der Waals surface area contributed by atoms with Gasteiger partial charge in [-0.25, -0.2) is 4.98 Å². The number of ether oxygens (including phenoxy) is 1. The molecule has 0 saturated carbocycles. The zero-order chi connectivity index (χ0) is 19.2. The number of nitrogens with one attached hydrogen (secondary N) is 1. The molecule has 0 atom stereocenters. The second-order valence-corrected chi connectivity index (χ2v) is 8.87. The number of hydrogen-bond donors (Lipinski definition) is 1. The van der Waals surface area contributed by atoms with Crippen molar-refractivity contribution in [2.45, 2.75) is 33.2 Å². The van der Waals surface area contributed by atoms with Gasteiger partial charge in [0.1, 0.15) is 5.75 Å². The molecule has 0 unspecified atom stereocenters. The molecule has 0 aliphatic rings. The Morgan fingerprint density at radius 1 is 1.33 bits per heavy atom. The summed E-state index contributed by atoms with van der Waals surface area (Å²) in [5.74, 6) is 1.31. The Morgan fingerprint density at radius 2 is 2.15 bits per heavy atom. The van der Waals surface area contributed by atoms with Crippen molar-refractivity contribution in [3.8, 4) is 5.75 Å². The molecule has 3 aromatic heterocycles. The lowest BCUT2D eigenvalue weighted by Gasteiger charge is -2.22. The molecule has 7 nitrogen and oxygen atoms in total. The third kappa shape index (κ3) is 3.40. The number of aryl methyl sites for hydroxylation is 2. The summed E-state index contributed by atoms with van der Waals surface area (Å²) in [7, 11) is 0. The van der Waals surface area contributed by atoms with E-state index in [-0.39, 0.29) is 12.5 Å². The molecule has 0 radical (unpaired) electrons. The van der Waals surface area contributed by atoms with Crippen LogP contribution in [0.2, 0.25) is 0 Å². The van der Waals surface area contributed by atoms with E-state index in [1.807, 2.05) is 38.3 Å². The molecule has 0 bridgehead atoms. The van der Waals surface area contributed by atoms with Crippen molar-refractivity contribution in [2.24, 2.45) is 0 Å². The maximum absolute atomic E-state index is 12.4. The number of hydrogen-bond acceptors (Lipinski definition) is 8. The lowest BCUT2D eigenvalue weighted by molar-refractivity contribution is -0.124. The van der Waals surface area contributed by atoms with Gasteiger partial charge in [-0.05, 0) is 32.2 Å². The standard InChI is InChI=1S/C18H18N4O3S2/c1-9-19-17(22-25-9)18(3,4)21-14(23)8-24-12-7-13-15(20-10(2)27-13)16-11(12)5-6-26-16/h5-7H,8H2,1-4H3,(H,21,23). The number of carbonyl (C=O) groups excluding carboxylic acids is 1. The first-order chi connectivity index (χ1) is 12.8. The van der Waals surface area contributed by atoms with E-state index in [1.54, 1.807) is 29.6 Å². The van der Waals surface area contributed by atoms with E-state index in [2.05, 4.69) is 20.4 Å². The summed E-state index contributed by atoms with van der Waals surface area (Å²) >= 11 is 3.24. The van der Waals surface area contributed by atoms with Crippen LogP contribution in [0, 0.1) is 13.8 Å². The van der Waals surface area contributed by atoms with Crippen LogP contribution in [-0.4, -0.2) is 27.6 Å². The number of rotatable bonds is 5. The van der Waals surface area contributed by atoms with Crippen molar-refractivity contribution in [1.82, 2.24) is 20.4 Å². The Balaban J connectivity index is 1.52. The van der Waals surface area contributed by atoms with Gasteiger partial charge in [0, 0.05) is 18.4 Å². The minimum Gasteiger partial charge on any atom is -0.483 e. The lowest BCUT2D eigenvalue weighted by Crippen LogP contribution is -2.44. The van der Waals surface area contributed by atoms with E-state index in [4.69, 9.17) is 9.26 Å². The van der Waals surface area contributed by atoms with Crippen molar-refractivity contribution in [2.75, 3.05) is 6.61 Å². The zero-order valence-electron chi connectivity index (χ0n) is 15.3. The fourth-order valence-corrected chi connectivity index (χ4v) is 4.68. The number of thiazole rings is 1. The highest BCUT2D eigenvalue weighted by molar-refractivity contribution is 7.21. The first kappa shape index (κ1) is 17.9. The third-order valence-corrected chi connectivity index (χ3v) is 5.90. The average Bonchev–Trinajstić information content (AvgIpc) is 3.30. The SMILES string of the molecule is Cc1nc(C(C)(C)NC(=O)COc2cc3sc(C)nc3c3sccc23)no1. The first-order valence-corrected chi connectivity index (χ1v) is 10.0. The molecule has 3 heterocycles. The zero-order valence-corrected chi connectivity index (χ0v) is 17.0. The van der Waals surface area contributed by atoms with Crippen LogP contribution in [0.3, 0.4) is 0 Å². The Bertz CT molecular complexity index is 1140. The van der Waals surface area contributed by atoms with E-state index < -0.39 is 5.54 Å². The summed E-state index contributed by atoms with van der Waals surface area (Å²) in [6.45, 7) is 7.23. The van der Waals surface area contributed by atoms with Crippen LogP contribution in [0.25, 0.3) is 20.3 Å². The van der Waals surface area contributed by atoms with Gasteiger partial charge in [0.05, 0.1) is 25.5 Å². The smallest absolute Gasteiger partial charge is 0.258 e. The van der Waals surface area contributed by atoms with Crippen LogP contribution in [0.5, 0.6) is 5.75 Å². The van der Waals surface area contributed by atoms with Gasteiger partial charge in [0.2, 0.25) is 5.89 Å². The second-order valence-electron chi connectivity index (χ2n) is 6.72. The highest BCUT2D eigenvalue weighted by Crippen LogP contribution is 2.38. The largest absolute Gasteiger partial charge is 0.483 e. The molecule has 0 aliphatic heterocycles. The lowest BCUT2D eigenvalue weighted by atomic mass is 10.1. The molecule has 1 aromatic carbocycles. The predicted molar refractivity (Wildman–Crippen MR) is 105 cm³/mol. The highest BCUT2D eigenvalue weighted by atomic mass is 32.1. The molecule has 0 saturated heterocycles. The van der Waals surface area contributed by atoms with Crippen LogP contribution < -0.4 is 10.1 Å². The molecule has 140 valence electrons. The number of thiophene rings is 1. The van der Waals surface area contributed by atoms with E-state index in [0.29, 0.717) is 17.5 Å². The summed E-state index contributed by atoms with van der Waals surface area (Å²) in [4.78, 5) is 21.2. The Morgan fingerprint density at radius 3 is 2.89 bits per heavy atom. The summed E-state index contributed by atoms with van der Waals surface area (Å²) in [5.41, 5.74) is 0.238. The summed E-state index contributed by atoms with van der Waals surface area (Å²) in [6.07, 6.45) is 0.